The molecule has 4 rings (SSSR count). The molecule has 0 N–H and O–H groups in total. The molecule has 4 heteroatoms. The summed E-state index contributed by atoms with van der Waals surface area (Å²) < 4.78 is 1.23. The smallest absolute Gasteiger partial charge is 0.0685 e. The molecular formula is C19H14BrCl2N. The Morgan fingerprint density at radius 3 is 2.74 bits per heavy atom. The van der Waals surface area contributed by atoms with Gasteiger partial charge in [0.1, 0.15) is 0 Å². The van der Waals surface area contributed by atoms with Gasteiger partial charge in [0.15, 0.2) is 0 Å². The Kier molecular flexibility index (Phi) is 3.87. The SMILES string of the molecule is Clc1cccc([C@@H]2CCC(Br)=C[C@]23C=Nc2cc(Cl)ccc23)c1. The average molecular weight is 407 g/mol. The predicted molar refractivity (Wildman–Crippen MR) is 102 cm³/mol. The molecule has 2 aliphatic rings. The highest BCUT2D eigenvalue weighted by atomic mass is 79.9. The molecule has 0 saturated carbocycles. The van der Waals surface area contributed by atoms with Crippen molar-refractivity contribution >= 4 is 51.0 Å². The summed E-state index contributed by atoms with van der Waals surface area (Å²) in [4.78, 5) is 4.66. The first-order valence-corrected chi connectivity index (χ1v) is 9.11. The molecule has 0 amide bonds. The fourth-order valence-electron chi connectivity index (χ4n) is 3.74. The van der Waals surface area contributed by atoms with E-state index < -0.39 is 0 Å². The van der Waals surface area contributed by atoms with Crippen molar-refractivity contribution in [2.24, 2.45) is 4.99 Å². The highest BCUT2D eigenvalue weighted by molar-refractivity contribution is 9.11. The minimum Gasteiger partial charge on any atom is -0.260 e. The summed E-state index contributed by atoms with van der Waals surface area (Å²) in [5.74, 6) is 0.314. The van der Waals surface area contributed by atoms with Gasteiger partial charge in [0.25, 0.3) is 0 Å². The van der Waals surface area contributed by atoms with E-state index in [2.05, 4.69) is 51.4 Å². The summed E-state index contributed by atoms with van der Waals surface area (Å²) >= 11 is 16.1. The fourth-order valence-corrected chi connectivity index (χ4v) is 4.71. The van der Waals surface area contributed by atoms with Gasteiger partial charge >= 0.3 is 0 Å². The van der Waals surface area contributed by atoms with Crippen LogP contribution in [0.4, 0.5) is 5.69 Å². The number of halogens is 3. The number of benzene rings is 2. The second-order valence-electron chi connectivity index (χ2n) is 6.09. The van der Waals surface area contributed by atoms with Gasteiger partial charge in [-0.15, -0.1) is 0 Å². The van der Waals surface area contributed by atoms with Gasteiger partial charge in [-0.3, -0.25) is 4.99 Å². The summed E-state index contributed by atoms with van der Waals surface area (Å²) in [5.41, 5.74) is 3.19. The van der Waals surface area contributed by atoms with Crippen LogP contribution in [0.3, 0.4) is 0 Å². The van der Waals surface area contributed by atoms with E-state index >= 15 is 0 Å². The molecule has 2 atom stereocenters. The summed E-state index contributed by atoms with van der Waals surface area (Å²) in [6, 6.07) is 14.2. The van der Waals surface area contributed by atoms with Gasteiger partial charge in [-0.05, 0) is 52.7 Å². The van der Waals surface area contributed by atoms with E-state index in [1.165, 1.54) is 15.6 Å². The molecule has 2 aromatic rings. The van der Waals surface area contributed by atoms with Crippen LogP contribution in [-0.4, -0.2) is 6.21 Å². The third kappa shape index (κ3) is 2.57. The zero-order valence-corrected chi connectivity index (χ0v) is 15.4. The van der Waals surface area contributed by atoms with Crippen LogP contribution in [0.2, 0.25) is 10.0 Å². The lowest BCUT2D eigenvalue weighted by atomic mass is 9.65. The molecule has 1 aliphatic carbocycles. The van der Waals surface area contributed by atoms with Crippen LogP contribution in [0.5, 0.6) is 0 Å². The van der Waals surface area contributed by atoms with Crippen LogP contribution in [0.1, 0.15) is 29.9 Å². The maximum atomic E-state index is 6.23. The lowest BCUT2D eigenvalue weighted by Gasteiger charge is -2.38. The van der Waals surface area contributed by atoms with Gasteiger partial charge in [-0.1, -0.05) is 63.4 Å². The largest absolute Gasteiger partial charge is 0.260 e. The van der Waals surface area contributed by atoms with E-state index in [0.717, 1.165) is 28.6 Å². The first kappa shape index (κ1) is 15.4. The molecule has 1 aliphatic heterocycles. The Morgan fingerprint density at radius 1 is 1.09 bits per heavy atom. The van der Waals surface area contributed by atoms with Gasteiger partial charge in [0.05, 0.1) is 11.1 Å². The Hall–Kier alpha value is -1.09. The maximum absolute atomic E-state index is 6.23. The number of rotatable bonds is 1. The number of nitrogens with zero attached hydrogens (tertiary/aromatic N) is 1. The minimum atomic E-state index is -0.234. The van der Waals surface area contributed by atoms with E-state index in [9.17, 15) is 0 Å². The van der Waals surface area contributed by atoms with Crippen LogP contribution in [0.15, 0.2) is 58.0 Å². The molecule has 1 nitrogen and oxygen atoms in total. The molecule has 0 bridgehead atoms. The van der Waals surface area contributed by atoms with Gasteiger partial charge in [0.2, 0.25) is 0 Å². The van der Waals surface area contributed by atoms with Gasteiger partial charge < -0.3 is 0 Å². The second kappa shape index (κ2) is 5.77. The third-order valence-electron chi connectivity index (χ3n) is 4.74. The molecule has 2 aromatic carbocycles. The van der Waals surface area contributed by atoms with Crippen LogP contribution in [0.25, 0.3) is 0 Å². The molecule has 0 saturated heterocycles. The number of allylic oxidation sites excluding steroid dienone is 2. The van der Waals surface area contributed by atoms with Crippen molar-refractivity contribution in [3.63, 3.8) is 0 Å². The number of fused-ring (bicyclic) bond motifs is 2. The standard InChI is InChI=1S/C19H14BrCl2N/c20-13-4-6-16(12-2-1-3-14(21)8-12)19(10-13)11-23-18-9-15(22)5-7-17(18)19/h1-3,5,7-11,16H,4,6H2/t16-,19-/m0/s1. The molecule has 23 heavy (non-hydrogen) atoms. The van der Waals surface area contributed by atoms with Crippen molar-refractivity contribution in [1.82, 2.24) is 0 Å². The lowest BCUT2D eigenvalue weighted by Crippen LogP contribution is -2.34. The van der Waals surface area contributed by atoms with Crippen molar-refractivity contribution in [3.8, 4) is 0 Å². The third-order valence-corrected chi connectivity index (χ3v) is 5.83. The average Bonchev–Trinajstić information content (AvgIpc) is 2.85. The Morgan fingerprint density at radius 2 is 1.91 bits per heavy atom. The molecule has 1 heterocycles. The molecule has 0 fully saturated rings. The molecule has 0 radical (unpaired) electrons. The van der Waals surface area contributed by atoms with Crippen molar-refractivity contribution in [2.75, 3.05) is 0 Å². The normalized spacial score (nSPS) is 25.5. The van der Waals surface area contributed by atoms with Crippen molar-refractivity contribution in [3.05, 3.63) is 74.2 Å². The van der Waals surface area contributed by atoms with E-state index in [4.69, 9.17) is 23.2 Å². The van der Waals surface area contributed by atoms with E-state index in [1.54, 1.807) is 0 Å². The molecule has 0 aromatic heterocycles. The van der Waals surface area contributed by atoms with Crippen LogP contribution < -0.4 is 0 Å². The minimum absolute atomic E-state index is 0.234. The highest BCUT2D eigenvalue weighted by Gasteiger charge is 2.44. The van der Waals surface area contributed by atoms with Gasteiger partial charge in [-0.2, -0.15) is 0 Å². The summed E-state index contributed by atoms with van der Waals surface area (Å²) in [6.07, 6.45) is 6.44. The maximum Gasteiger partial charge on any atom is 0.0685 e. The lowest BCUT2D eigenvalue weighted by molar-refractivity contribution is 0.496. The van der Waals surface area contributed by atoms with Crippen molar-refractivity contribution in [2.45, 2.75) is 24.2 Å². The zero-order valence-electron chi connectivity index (χ0n) is 12.3. The second-order valence-corrected chi connectivity index (χ2v) is 7.98. The first-order valence-electron chi connectivity index (χ1n) is 7.56. The molecule has 116 valence electrons. The molecule has 1 spiro atoms. The first-order chi connectivity index (χ1) is 11.1. The van der Waals surface area contributed by atoms with Crippen LogP contribution in [0, 0.1) is 0 Å². The topological polar surface area (TPSA) is 12.4 Å². The Bertz CT molecular complexity index is 843. The number of aliphatic imine (C=N–C) groups is 1. The van der Waals surface area contributed by atoms with E-state index in [-0.39, 0.29) is 5.41 Å². The Balaban J connectivity index is 1.91. The summed E-state index contributed by atoms with van der Waals surface area (Å²) in [5, 5.41) is 1.49. The molecular weight excluding hydrogens is 393 g/mol. The summed E-state index contributed by atoms with van der Waals surface area (Å²) in [7, 11) is 0. The highest BCUT2D eigenvalue weighted by Crippen LogP contribution is 2.53. The van der Waals surface area contributed by atoms with E-state index in [0.29, 0.717) is 5.92 Å². The quantitative estimate of drug-likeness (QED) is 0.493. The van der Waals surface area contributed by atoms with Crippen LogP contribution in [-0.2, 0) is 5.41 Å². The van der Waals surface area contributed by atoms with E-state index in [1.807, 2.05) is 24.3 Å². The van der Waals surface area contributed by atoms with Gasteiger partial charge in [-0.25, -0.2) is 0 Å². The predicted octanol–water partition coefficient (Wildman–Crippen LogP) is 6.80. The van der Waals surface area contributed by atoms with Gasteiger partial charge in [0, 0.05) is 22.2 Å². The summed E-state index contributed by atoms with van der Waals surface area (Å²) in [6.45, 7) is 0. The van der Waals surface area contributed by atoms with Crippen molar-refractivity contribution < 1.29 is 0 Å². The monoisotopic (exact) mass is 405 g/mol. The number of hydrogen-bond donors (Lipinski definition) is 0. The molecule has 0 unspecified atom stereocenters. The number of hydrogen-bond acceptors (Lipinski definition) is 1. The van der Waals surface area contributed by atoms with Crippen LogP contribution >= 0.6 is 39.1 Å². The zero-order chi connectivity index (χ0) is 16.0. The fraction of sp³-hybridized carbons (Fsp3) is 0.211. The van der Waals surface area contributed by atoms with Crippen molar-refractivity contribution in [1.29, 1.82) is 0 Å². The Labute approximate surface area is 154 Å².